The van der Waals surface area contributed by atoms with E-state index in [4.69, 9.17) is 5.73 Å². The molecule has 0 aromatic carbocycles. The van der Waals surface area contributed by atoms with Crippen LogP contribution in [0.5, 0.6) is 0 Å². The van der Waals surface area contributed by atoms with Crippen LogP contribution in [0.4, 0.5) is 0 Å². The predicted octanol–water partition coefficient (Wildman–Crippen LogP) is 1.95. The molecule has 0 radical (unpaired) electrons. The van der Waals surface area contributed by atoms with Gasteiger partial charge < -0.3 is 16.4 Å². The summed E-state index contributed by atoms with van der Waals surface area (Å²) in [5.74, 6) is 0.432. The van der Waals surface area contributed by atoms with E-state index in [1.807, 2.05) is 27.7 Å². The highest BCUT2D eigenvalue weighted by molar-refractivity contribution is 5.81. The number of rotatable bonds is 7. The summed E-state index contributed by atoms with van der Waals surface area (Å²) < 4.78 is 0. The lowest BCUT2D eigenvalue weighted by Crippen LogP contribution is -2.55. The molecule has 1 saturated carbocycles. The molecule has 1 aliphatic rings. The molecule has 0 aromatic heterocycles. The summed E-state index contributed by atoms with van der Waals surface area (Å²) in [7, 11) is 0. The van der Waals surface area contributed by atoms with Crippen molar-refractivity contribution in [3.05, 3.63) is 0 Å². The Bertz CT molecular complexity index is 378. The zero-order valence-corrected chi connectivity index (χ0v) is 14.6. The van der Waals surface area contributed by atoms with Crippen LogP contribution < -0.4 is 16.4 Å². The van der Waals surface area contributed by atoms with Crippen molar-refractivity contribution in [2.45, 2.75) is 77.8 Å². The number of carbonyl (C=O) groups excluding carboxylic acids is 2. The summed E-state index contributed by atoms with van der Waals surface area (Å²) in [5, 5.41) is 5.99. The molecule has 2 amide bonds. The molecule has 0 aliphatic heterocycles. The Kier molecular flexibility index (Phi) is 7.33. The Morgan fingerprint density at radius 3 is 2.27 bits per heavy atom. The van der Waals surface area contributed by atoms with Crippen molar-refractivity contribution in [3.63, 3.8) is 0 Å². The van der Waals surface area contributed by atoms with E-state index < -0.39 is 5.54 Å². The molecule has 1 rings (SSSR count). The molecule has 4 N–H and O–H groups in total. The van der Waals surface area contributed by atoms with Gasteiger partial charge in [-0.25, -0.2) is 0 Å². The molecule has 0 spiro atoms. The van der Waals surface area contributed by atoms with Gasteiger partial charge in [-0.2, -0.15) is 0 Å². The molecule has 22 heavy (non-hydrogen) atoms. The molecule has 0 bridgehead atoms. The lowest BCUT2D eigenvalue weighted by atomic mass is 9.88. The van der Waals surface area contributed by atoms with Gasteiger partial charge >= 0.3 is 0 Å². The fourth-order valence-corrected chi connectivity index (χ4v) is 2.86. The van der Waals surface area contributed by atoms with Crippen molar-refractivity contribution in [3.8, 4) is 0 Å². The minimum atomic E-state index is -0.399. The van der Waals surface area contributed by atoms with Crippen molar-refractivity contribution >= 4 is 11.8 Å². The van der Waals surface area contributed by atoms with E-state index in [0.29, 0.717) is 13.0 Å². The van der Waals surface area contributed by atoms with Crippen molar-refractivity contribution in [2.24, 2.45) is 17.6 Å². The summed E-state index contributed by atoms with van der Waals surface area (Å²) in [4.78, 5) is 24.3. The van der Waals surface area contributed by atoms with Crippen molar-refractivity contribution < 1.29 is 9.59 Å². The summed E-state index contributed by atoms with van der Waals surface area (Å²) in [6, 6.07) is -0.149. The maximum absolute atomic E-state index is 12.2. The first-order valence-corrected chi connectivity index (χ1v) is 8.60. The second-order valence-electron chi connectivity index (χ2n) is 7.27. The van der Waals surface area contributed by atoms with E-state index in [-0.39, 0.29) is 29.7 Å². The summed E-state index contributed by atoms with van der Waals surface area (Å²) in [5.41, 5.74) is 5.38. The van der Waals surface area contributed by atoms with Crippen molar-refractivity contribution in [1.82, 2.24) is 10.6 Å². The number of amides is 2. The second kappa shape index (κ2) is 8.51. The smallest absolute Gasteiger partial charge is 0.223 e. The molecule has 0 heterocycles. The molecule has 2 unspecified atom stereocenters. The zero-order chi connectivity index (χ0) is 16.8. The van der Waals surface area contributed by atoms with Gasteiger partial charge in [0.1, 0.15) is 0 Å². The Morgan fingerprint density at radius 2 is 1.77 bits per heavy atom. The lowest BCUT2D eigenvalue weighted by Gasteiger charge is -2.34. The highest BCUT2D eigenvalue weighted by atomic mass is 16.2. The molecule has 2 atom stereocenters. The molecule has 5 nitrogen and oxygen atoms in total. The van der Waals surface area contributed by atoms with Gasteiger partial charge in [0.25, 0.3) is 0 Å². The zero-order valence-electron chi connectivity index (χ0n) is 14.6. The highest BCUT2D eigenvalue weighted by Crippen LogP contribution is 2.23. The monoisotopic (exact) mass is 311 g/mol. The third kappa shape index (κ3) is 5.59. The fraction of sp³-hybridized carbons (Fsp3) is 0.882. The third-order valence-corrected chi connectivity index (χ3v) is 4.98. The standard InChI is InChI=1S/C17H33N3O2/c1-12(2)17(4,11-18)20-15(21)10-13(3)19-16(22)14-8-6-5-7-9-14/h12-14H,5-11,18H2,1-4H3,(H,19,22)(H,20,21). The highest BCUT2D eigenvalue weighted by Gasteiger charge is 2.29. The number of hydrogen-bond acceptors (Lipinski definition) is 3. The van der Waals surface area contributed by atoms with E-state index in [2.05, 4.69) is 10.6 Å². The molecular weight excluding hydrogens is 278 g/mol. The van der Waals surface area contributed by atoms with Crippen LogP contribution in [0.1, 0.15) is 66.2 Å². The first-order valence-electron chi connectivity index (χ1n) is 8.60. The van der Waals surface area contributed by atoms with E-state index in [0.717, 1.165) is 25.7 Å². The number of carbonyl (C=O) groups is 2. The number of hydrogen-bond donors (Lipinski definition) is 3. The van der Waals surface area contributed by atoms with Gasteiger partial charge in [-0.1, -0.05) is 33.1 Å². The van der Waals surface area contributed by atoms with Gasteiger partial charge in [0.15, 0.2) is 0 Å². The minimum absolute atomic E-state index is 0.0573. The van der Waals surface area contributed by atoms with Gasteiger partial charge in [0.2, 0.25) is 11.8 Å². The Labute approximate surface area is 134 Å². The first-order chi connectivity index (χ1) is 10.3. The summed E-state index contributed by atoms with van der Waals surface area (Å²) in [6.45, 7) is 8.33. The van der Waals surface area contributed by atoms with Crippen LogP contribution in [0.25, 0.3) is 0 Å². The van der Waals surface area contributed by atoms with E-state index in [1.54, 1.807) is 0 Å². The van der Waals surface area contributed by atoms with Gasteiger partial charge in [0.05, 0.1) is 5.54 Å². The molecule has 1 aliphatic carbocycles. The van der Waals surface area contributed by atoms with Crippen molar-refractivity contribution in [1.29, 1.82) is 0 Å². The quantitative estimate of drug-likeness (QED) is 0.672. The Balaban J connectivity index is 2.41. The average Bonchev–Trinajstić information content (AvgIpc) is 2.47. The Morgan fingerprint density at radius 1 is 1.18 bits per heavy atom. The minimum Gasteiger partial charge on any atom is -0.353 e. The van der Waals surface area contributed by atoms with E-state index in [1.165, 1.54) is 6.42 Å². The fourth-order valence-electron chi connectivity index (χ4n) is 2.86. The summed E-state index contributed by atoms with van der Waals surface area (Å²) >= 11 is 0. The average molecular weight is 311 g/mol. The van der Waals surface area contributed by atoms with Crippen LogP contribution in [0, 0.1) is 11.8 Å². The number of nitrogens with two attached hydrogens (primary N) is 1. The van der Waals surface area contributed by atoms with E-state index >= 15 is 0 Å². The molecular formula is C17H33N3O2. The third-order valence-electron chi connectivity index (χ3n) is 4.98. The normalized spacial score (nSPS) is 20.3. The molecule has 1 fully saturated rings. The van der Waals surface area contributed by atoms with Crippen LogP contribution in [0.3, 0.4) is 0 Å². The molecule has 0 aromatic rings. The SMILES string of the molecule is CC(CC(=O)NC(C)(CN)C(C)C)NC(=O)C1CCCCC1. The largest absolute Gasteiger partial charge is 0.353 e. The van der Waals surface area contributed by atoms with Gasteiger partial charge in [0, 0.05) is 24.9 Å². The maximum Gasteiger partial charge on any atom is 0.223 e. The summed E-state index contributed by atoms with van der Waals surface area (Å²) in [6.07, 6.45) is 5.74. The predicted molar refractivity (Wildman–Crippen MR) is 89.2 cm³/mol. The molecule has 5 heteroatoms. The second-order valence-corrected chi connectivity index (χ2v) is 7.27. The number of nitrogens with one attached hydrogen (secondary N) is 2. The van der Waals surface area contributed by atoms with Crippen LogP contribution in [-0.2, 0) is 9.59 Å². The van der Waals surface area contributed by atoms with Gasteiger partial charge in [-0.3, -0.25) is 9.59 Å². The maximum atomic E-state index is 12.2. The Hall–Kier alpha value is -1.10. The van der Waals surface area contributed by atoms with Crippen molar-refractivity contribution in [2.75, 3.05) is 6.54 Å². The molecule has 0 saturated heterocycles. The van der Waals surface area contributed by atoms with E-state index in [9.17, 15) is 9.59 Å². The molecule has 128 valence electrons. The topological polar surface area (TPSA) is 84.2 Å². The van der Waals surface area contributed by atoms with Crippen LogP contribution in [-0.4, -0.2) is 29.9 Å². The van der Waals surface area contributed by atoms with Gasteiger partial charge in [-0.15, -0.1) is 0 Å². The first kappa shape index (κ1) is 18.9. The lowest BCUT2D eigenvalue weighted by molar-refractivity contribution is -0.127. The van der Waals surface area contributed by atoms with Crippen LogP contribution in [0.2, 0.25) is 0 Å². The van der Waals surface area contributed by atoms with Crippen LogP contribution in [0.15, 0.2) is 0 Å². The van der Waals surface area contributed by atoms with Crippen LogP contribution >= 0.6 is 0 Å². The van der Waals surface area contributed by atoms with Gasteiger partial charge in [-0.05, 0) is 32.6 Å².